The van der Waals surface area contributed by atoms with Crippen LogP contribution in [-0.2, 0) is 11.2 Å². The highest BCUT2D eigenvalue weighted by molar-refractivity contribution is 6.31. The summed E-state index contributed by atoms with van der Waals surface area (Å²) in [5, 5.41) is 9.60. The number of carbonyl (C=O) groups excluding carboxylic acids is 1. The summed E-state index contributed by atoms with van der Waals surface area (Å²) in [7, 11) is 0. The summed E-state index contributed by atoms with van der Waals surface area (Å²) < 4.78 is 14.0. The predicted octanol–water partition coefficient (Wildman–Crippen LogP) is 4.48. The molecule has 30 heavy (non-hydrogen) atoms. The molecular formula is C22H19Cl2FN4O. The van der Waals surface area contributed by atoms with Crippen LogP contribution in [-0.4, -0.2) is 47.2 Å². The van der Waals surface area contributed by atoms with Crippen molar-refractivity contribution in [3.05, 3.63) is 76.0 Å². The molecule has 0 atom stereocenters. The summed E-state index contributed by atoms with van der Waals surface area (Å²) in [6.07, 6.45) is -0.0406. The molecule has 1 amide bonds. The van der Waals surface area contributed by atoms with Crippen LogP contribution in [0.1, 0.15) is 5.56 Å². The number of piperazine rings is 1. The molecule has 0 N–H and O–H groups in total. The first-order chi connectivity index (χ1) is 14.5. The van der Waals surface area contributed by atoms with Crippen molar-refractivity contribution in [1.29, 1.82) is 0 Å². The van der Waals surface area contributed by atoms with Gasteiger partial charge in [0, 0.05) is 47.4 Å². The van der Waals surface area contributed by atoms with Crippen LogP contribution < -0.4 is 4.90 Å². The minimum Gasteiger partial charge on any atom is -0.352 e. The molecule has 2 heterocycles. The fourth-order valence-corrected chi connectivity index (χ4v) is 3.77. The Morgan fingerprint density at radius 3 is 2.30 bits per heavy atom. The lowest BCUT2D eigenvalue weighted by molar-refractivity contribution is -0.130. The SMILES string of the molecule is O=C(Cc1c(F)cccc1Cl)N1CCN(c2ccc(-c3ccc(Cl)cc3)nn2)CC1. The number of rotatable bonds is 4. The van der Waals surface area contributed by atoms with Gasteiger partial charge in [0.2, 0.25) is 5.91 Å². The quantitative estimate of drug-likeness (QED) is 0.594. The first-order valence-corrected chi connectivity index (χ1v) is 10.3. The topological polar surface area (TPSA) is 49.3 Å². The fourth-order valence-electron chi connectivity index (χ4n) is 3.42. The van der Waals surface area contributed by atoms with E-state index in [4.69, 9.17) is 23.2 Å². The molecule has 0 bridgehead atoms. The van der Waals surface area contributed by atoms with Crippen LogP contribution in [0, 0.1) is 5.82 Å². The van der Waals surface area contributed by atoms with Gasteiger partial charge in [-0.2, -0.15) is 0 Å². The number of anilines is 1. The molecule has 0 aliphatic carbocycles. The smallest absolute Gasteiger partial charge is 0.227 e. The molecule has 4 rings (SSSR count). The third-order valence-electron chi connectivity index (χ3n) is 5.14. The van der Waals surface area contributed by atoms with Gasteiger partial charge in [0.1, 0.15) is 5.82 Å². The van der Waals surface area contributed by atoms with Crippen molar-refractivity contribution < 1.29 is 9.18 Å². The third kappa shape index (κ3) is 4.55. The number of benzene rings is 2. The number of halogens is 3. The summed E-state index contributed by atoms with van der Waals surface area (Å²) in [5.74, 6) is 0.174. The molecular weight excluding hydrogens is 426 g/mol. The average molecular weight is 445 g/mol. The molecule has 2 aromatic carbocycles. The Morgan fingerprint density at radius 1 is 0.933 bits per heavy atom. The Labute approximate surface area is 184 Å². The Hall–Kier alpha value is -2.70. The summed E-state index contributed by atoms with van der Waals surface area (Å²) in [4.78, 5) is 16.4. The second-order valence-corrected chi connectivity index (χ2v) is 7.87. The minimum atomic E-state index is -0.453. The molecule has 0 spiro atoms. The molecule has 0 unspecified atom stereocenters. The zero-order valence-corrected chi connectivity index (χ0v) is 17.6. The van der Waals surface area contributed by atoms with E-state index in [2.05, 4.69) is 15.1 Å². The van der Waals surface area contributed by atoms with E-state index in [1.165, 1.54) is 12.1 Å². The molecule has 8 heteroatoms. The lowest BCUT2D eigenvalue weighted by Gasteiger charge is -2.35. The summed E-state index contributed by atoms with van der Waals surface area (Å²) in [5.41, 5.74) is 1.96. The van der Waals surface area contributed by atoms with Crippen molar-refractivity contribution in [3.8, 4) is 11.3 Å². The standard InChI is InChI=1S/C22H19Cl2FN4O/c23-16-6-4-15(5-7-16)20-8-9-21(27-26-20)28-10-12-29(13-11-28)22(30)14-17-18(24)2-1-3-19(17)25/h1-9H,10-14H2. The Balaban J connectivity index is 1.36. The first-order valence-electron chi connectivity index (χ1n) is 9.56. The van der Waals surface area contributed by atoms with Gasteiger partial charge in [-0.3, -0.25) is 4.79 Å². The van der Waals surface area contributed by atoms with Crippen molar-refractivity contribution >= 4 is 34.9 Å². The van der Waals surface area contributed by atoms with Gasteiger partial charge in [-0.15, -0.1) is 10.2 Å². The Kier molecular flexibility index (Phi) is 6.16. The highest BCUT2D eigenvalue weighted by Gasteiger charge is 2.23. The molecule has 1 aliphatic rings. The van der Waals surface area contributed by atoms with Crippen molar-refractivity contribution in [2.75, 3.05) is 31.1 Å². The maximum Gasteiger partial charge on any atom is 0.227 e. The molecule has 0 saturated carbocycles. The van der Waals surface area contributed by atoms with Gasteiger partial charge in [-0.05, 0) is 36.4 Å². The van der Waals surface area contributed by atoms with E-state index in [1.807, 2.05) is 36.4 Å². The van der Waals surface area contributed by atoms with E-state index in [0.717, 1.165) is 17.1 Å². The van der Waals surface area contributed by atoms with Crippen molar-refractivity contribution in [2.24, 2.45) is 0 Å². The number of hydrogen-bond donors (Lipinski definition) is 0. The lowest BCUT2D eigenvalue weighted by Crippen LogP contribution is -2.49. The monoisotopic (exact) mass is 444 g/mol. The van der Waals surface area contributed by atoms with Crippen LogP contribution in [0.4, 0.5) is 10.2 Å². The van der Waals surface area contributed by atoms with Gasteiger partial charge in [-0.1, -0.05) is 41.4 Å². The second-order valence-electron chi connectivity index (χ2n) is 7.03. The predicted molar refractivity (Wildman–Crippen MR) is 116 cm³/mol. The van der Waals surface area contributed by atoms with Crippen LogP contribution in [0.2, 0.25) is 10.0 Å². The van der Waals surface area contributed by atoms with E-state index in [-0.39, 0.29) is 22.9 Å². The highest BCUT2D eigenvalue weighted by atomic mass is 35.5. The van der Waals surface area contributed by atoms with Crippen molar-refractivity contribution in [1.82, 2.24) is 15.1 Å². The van der Waals surface area contributed by atoms with Crippen molar-refractivity contribution in [2.45, 2.75) is 6.42 Å². The third-order valence-corrected chi connectivity index (χ3v) is 5.74. The molecule has 3 aromatic rings. The number of nitrogens with zero attached hydrogens (tertiary/aromatic N) is 4. The van der Waals surface area contributed by atoms with E-state index in [9.17, 15) is 9.18 Å². The summed E-state index contributed by atoms with van der Waals surface area (Å²) >= 11 is 12.0. The minimum absolute atomic E-state index is 0.0406. The summed E-state index contributed by atoms with van der Waals surface area (Å²) in [6, 6.07) is 15.7. The largest absolute Gasteiger partial charge is 0.352 e. The Bertz CT molecular complexity index is 1020. The van der Waals surface area contributed by atoms with Gasteiger partial charge < -0.3 is 9.80 Å². The van der Waals surface area contributed by atoms with Crippen LogP contribution in [0.15, 0.2) is 54.6 Å². The zero-order valence-electron chi connectivity index (χ0n) is 16.1. The Morgan fingerprint density at radius 2 is 1.67 bits per heavy atom. The van der Waals surface area contributed by atoms with E-state index >= 15 is 0 Å². The van der Waals surface area contributed by atoms with Crippen molar-refractivity contribution in [3.63, 3.8) is 0 Å². The lowest BCUT2D eigenvalue weighted by atomic mass is 10.1. The van der Waals surface area contributed by atoms with Gasteiger partial charge >= 0.3 is 0 Å². The fraction of sp³-hybridized carbons (Fsp3) is 0.227. The van der Waals surface area contributed by atoms with Gasteiger partial charge in [-0.25, -0.2) is 4.39 Å². The number of hydrogen-bond acceptors (Lipinski definition) is 4. The molecule has 1 aromatic heterocycles. The summed E-state index contributed by atoms with van der Waals surface area (Å²) in [6.45, 7) is 2.33. The van der Waals surface area contributed by atoms with E-state index in [1.54, 1.807) is 11.0 Å². The highest BCUT2D eigenvalue weighted by Crippen LogP contribution is 2.23. The number of amides is 1. The number of carbonyl (C=O) groups is 1. The van der Waals surface area contributed by atoms with Gasteiger partial charge in [0.05, 0.1) is 12.1 Å². The molecule has 1 saturated heterocycles. The molecule has 0 radical (unpaired) electrons. The van der Waals surface area contributed by atoms with Crippen LogP contribution in [0.3, 0.4) is 0 Å². The van der Waals surface area contributed by atoms with Gasteiger partial charge in [0.15, 0.2) is 5.82 Å². The molecule has 154 valence electrons. The van der Waals surface area contributed by atoms with Crippen LogP contribution >= 0.6 is 23.2 Å². The second kappa shape index (κ2) is 8.98. The molecule has 1 aliphatic heterocycles. The van der Waals surface area contributed by atoms with Crippen LogP contribution in [0.5, 0.6) is 0 Å². The van der Waals surface area contributed by atoms with Gasteiger partial charge in [0.25, 0.3) is 0 Å². The molecule has 5 nitrogen and oxygen atoms in total. The number of aromatic nitrogens is 2. The first kappa shape index (κ1) is 20.6. The zero-order chi connectivity index (χ0) is 21.1. The normalized spacial score (nSPS) is 14.1. The van der Waals surface area contributed by atoms with Crippen LogP contribution in [0.25, 0.3) is 11.3 Å². The maximum absolute atomic E-state index is 14.0. The maximum atomic E-state index is 14.0. The average Bonchev–Trinajstić information content (AvgIpc) is 2.77. The van der Waals surface area contributed by atoms with E-state index < -0.39 is 5.82 Å². The van der Waals surface area contributed by atoms with E-state index in [0.29, 0.717) is 31.2 Å². The molecule has 1 fully saturated rings.